The van der Waals surface area contributed by atoms with Crippen molar-refractivity contribution >= 4 is 6.03 Å². The van der Waals surface area contributed by atoms with Crippen LogP contribution in [0.4, 0.5) is 4.79 Å². The number of hydrogen-bond acceptors (Lipinski definition) is 4. The minimum Gasteiger partial charge on any atom is -0.471 e. The van der Waals surface area contributed by atoms with Gasteiger partial charge in [0.1, 0.15) is 6.10 Å². The van der Waals surface area contributed by atoms with Crippen LogP contribution >= 0.6 is 0 Å². The lowest BCUT2D eigenvalue weighted by atomic mass is 10.1. The second kappa shape index (κ2) is 6.93. The number of ether oxygens (including phenoxy) is 1. The molecule has 0 atom stereocenters. The lowest BCUT2D eigenvalue weighted by molar-refractivity contribution is 0.0403. The second-order valence-electron chi connectivity index (χ2n) is 5.10. The number of urea groups is 1. The summed E-state index contributed by atoms with van der Waals surface area (Å²) in [6.45, 7) is 5.21. The highest BCUT2D eigenvalue weighted by atomic mass is 16.5. The van der Waals surface area contributed by atoms with Gasteiger partial charge in [-0.25, -0.2) is 9.78 Å². The number of amides is 2. The fourth-order valence-electron chi connectivity index (χ4n) is 2.15. The van der Waals surface area contributed by atoms with Crippen LogP contribution in [0.3, 0.4) is 0 Å². The third-order valence-corrected chi connectivity index (χ3v) is 3.60. The summed E-state index contributed by atoms with van der Waals surface area (Å²) in [5.41, 5.74) is 0.516. The van der Waals surface area contributed by atoms with Gasteiger partial charge in [0.25, 0.3) is 0 Å². The lowest BCUT2D eigenvalue weighted by Gasteiger charge is -2.39. The molecule has 2 rings (SSSR count). The highest BCUT2D eigenvalue weighted by Crippen LogP contribution is 2.17. The van der Waals surface area contributed by atoms with Crippen LogP contribution in [0.5, 0.6) is 5.88 Å². The van der Waals surface area contributed by atoms with Gasteiger partial charge >= 0.3 is 6.03 Å². The Hall–Kier alpha value is -2.29. The molecule has 6 nitrogen and oxygen atoms in total. The smallest absolute Gasteiger partial charge is 0.317 e. The molecule has 112 valence electrons. The maximum atomic E-state index is 12.0. The summed E-state index contributed by atoms with van der Waals surface area (Å²) >= 11 is 0. The molecule has 0 aliphatic carbocycles. The predicted molar refractivity (Wildman–Crippen MR) is 77.8 cm³/mol. The van der Waals surface area contributed by atoms with E-state index in [1.807, 2.05) is 6.07 Å². The number of carbonyl (C=O) groups is 1. The Bertz CT molecular complexity index is 531. The molecule has 0 aromatic carbocycles. The van der Waals surface area contributed by atoms with Crippen molar-refractivity contribution < 1.29 is 9.53 Å². The van der Waals surface area contributed by atoms with Gasteiger partial charge in [0, 0.05) is 18.3 Å². The molecule has 2 heterocycles. The molecule has 1 aliphatic rings. The molecule has 1 N–H and O–H groups in total. The zero-order chi connectivity index (χ0) is 15.2. The monoisotopic (exact) mass is 288 g/mol. The van der Waals surface area contributed by atoms with Gasteiger partial charge in [-0.2, -0.15) is 5.26 Å². The van der Waals surface area contributed by atoms with Crippen molar-refractivity contribution in [1.29, 1.82) is 5.26 Å². The summed E-state index contributed by atoms with van der Waals surface area (Å²) in [6, 6.07) is 5.46. The van der Waals surface area contributed by atoms with Crippen molar-refractivity contribution in [1.82, 2.24) is 15.2 Å². The molecule has 6 heteroatoms. The number of carbonyl (C=O) groups excluding carboxylic acids is 1. The topological polar surface area (TPSA) is 78.3 Å². The van der Waals surface area contributed by atoms with E-state index in [-0.39, 0.29) is 18.2 Å². The standard InChI is InChI=1S/C15H20N4O2/c1-3-12(4-2)18-15(20)19-9-13(10-19)21-14-7-11(8-16)5-6-17-14/h5-7,12-13H,3-4,9-10H2,1-2H3,(H,18,20). The van der Waals surface area contributed by atoms with Crippen molar-refractivity contribution in [2.24, 2.45) is 0 Å². The van der Waals surface area contributed by atoms with E-state index in [1.165, 1.54) is 0 Å². The fourth-order valence-corrected chi connectivity index (χ4v) is 2.15. The summed E-state index contributed by atoms with van der Waals surface area (Å²) in [7, 11) is 0. The minimum atomic E-state index is -0.0566. The van der Waals surface area contributed by atoms with E-state index in [2.05, 4.69) is 24.1 Å². The minimum absolute atomic E-state index is 0.0396. The molecule has 21 heavy (non-hydrogen) atoms. The van der Waals surface area contributed by atoms with Crippen LogP contribution in [0.1, 0.15) is 32.3 Å². The van der Waals surface area contributed by atoms with E-state index in [9.17, 15) is 4.79 Å². The first kappa shape index (κ1) is 15.1. The lowest BCUT2D eigenvalue weighted by Crippen LogP contribution is -2.60. The molecule has 0 saturated carbocycles. The third kappa shape index (κ3) is 3.85. The number of pyridine rings is 1. The SMILES string of the molecule is CCC(CC)NC(=O)N1CC(Oc2cc(C#N)ccn2)C1. The summed E-state index contributed by atoms with van der Waals surface area (Å²) in [4.78, 5) is 17.7. The summed E-state index contributed by atoms with van der Waals surface area (Å²) < 4.78 is 5.65. The second-order valence-corrected chi connectivity index (χ2v) is 5.10. The predicted octanol–water partition coefficient (Wildman–Crippen LogP) is 1.91. The summed E-state index contributed by atoms with van der Waals surface area (Å²) in [5, 5.41) is 11.8. The summed E-state index contributed by atoms with van der Waals surface area (Å²) in [6.07, 6.45) is 3.35. The normalized spacial score (nSPS) is 14.5. The van der Waals surface area contributed by atoms with Gasteiger partial charge in [-0.05, 0) is 18.9 Å². The Balaban J connectivity index is 1.78. The molecule has 1 aliphatic heterocycles. The number of nitriles is 1. The number of nitrogens with one attached hydrogen (secondary N) is 1. The van der Waals surface area contributed by atoms with Crippen LogP contribution in [0.25, 0.3) is 0 Å². The van der Waals surface area contributed by atoms with Gasteiger partial charge in [-0.1, -0.05) is 13.8 Å². The third-order valence-electron chi connectivity index (χ3n) is 3.60. The van der Waals surface area contributed by atoms with Gasteiger partial charge in [-0.15, -0.1) is 0 Å². The van der Waals surface area contributed by atoms with E-state index < -0.39 is 0 Å². The molecule has 2 amide bonds. The maximum Gasteiger partial charge on any atom is 0.317 e. The molecular weight excluding hydrogens is 268 g/mol. The maximum absolute atomic E-state index is 12.0. The van der Waals surface area contributed by atoms with Crippen LogP contribution in [-0.4, -0.2) is 41.2 Å². The molecular formula is C15H20N4O2. The number of likely N-dealkylation sites (tertiary alicyclic amines) is 1. The molecule has 1 aromatic rings. The zero-order valence-electron chi connectivity index (χ0n) is 12.4. The summed E-state index contributed by atoms with van der Waals surface area (Å²) in [5.74, 6) is 0.430. The molecule has 1 aromatic heterocycles. The van der Waals surface area contributed by atoms with Crippen LogP contribution < -0.4 is 10.1 Å². The van der Waals surface area contributed by atoms with Crippen molar-refractivity contribution in [2.45, 2.75) is 38.8 Å². The highest BCUT2D eigenvalue weighted by Gasteiger charge is 2.33. The average Bonchev–Trinajstić information content (AvgIpc) is 2.48. The Morgan fingerprint density at radius 2 is 2.29 bits per heavy atom. The van der Waals surface area contributed by atoms with Gasteiger partial charge in [0.15, 0.2) is 0 Å². The highest BCUT2D eigenvalue weighted by molar-refractivity contribution is 5.75. The zero-order valence-corrected chi connectivity index (χ0v) is 12.4. The largest absolute Gasteiger partial charge is 0.471 e. The van der Waals surface area contributed by atoms with E-state index in [4.69, 9.17) is 10.00 Å². The molecule has 0 unspecified atom stereocenters. The van der Waals surface area contributed by atoms with Gasteiger partial charge < -0.3 is 15.0 Å². The van der Waals surface area contributed by atoms with Crippen LogP contribution in [-0.2, 0) is 0 Å². The van der Waals surface area contributed by atoms with Crippen LogP contribution in [0.2, 0.25) is 0 Å². The van der Waals surface area contributed by atoms with E-state index in [1.54, 1.807) is 23.2 Å². The first-order valence-electron chi connectivity index (χ1n) is 7.24. The molecule has 0 bridgehead atoms. The van der Waals surface area contributed by atoms with E-state index in [0.29, 0.717) is 24.5 Å². The van der Waals surface area contributed by atoms with Crippen molar-refractivity contribution in [3.05, 3.63) is 23.9 Å². The van der Waals surface area contributed by atoms with Crippen LogP contribution in [0.15, 0.2) is 18.3 Å². The first-order valence-corrected chi connectivity index (χ1v) is 7.24. The Morgan fingerprint density at radius 1 is 1.57 bits per heavy atom. The number of hydrogen-bond donors (Lipinski definition) is 1. The van der Waals surface area contributed by atoms with E-state index >= 15 is 0 Å². The van der Waals surface area contributed by atoms with Crippen molar-refractivity contribution in [2.75, 3.05) is 13.1 Å². The Morgan fingerprint density at radius 3 is 2.90 bits per heavy atom. The van der Waals surface area contributed by atoms with Crippen LogP contribution in [0, 0.1) is 11.3 Å². The van der Waals surface area contributed by atoms with Crippen molar-refractivity contribution in [3.8, 4) is 11.9 Å². The Kier molecular flexibility index (Phi) is 4.99. The Labute approximate surface area is 124 Å². The van der Waals surface area contributed by atoms with E-state index in [0.717, 1.165) is 12.8 Å². The number of rotatable bonds is 5. The molecule has 1 fully saturated rings. The van der Waals surface area contributed by atoms with Gasteiger partial charge in [0.2, 0.25) is 5.88 Å². The first-order chi connectivity index (χ1) is 10.2. The fraction of sp³-hybridized carbons (Fsp3) is 0.533. The number of aromatic nitrogens is 1. The van der Waals surface area contributed by atoms with Gasteiger partial charge in [-0.3, -0.25) is 0 Å². The number of nitrogens with zero attached hydrogens (tertiary/aromatic N) is 3. The molecule has 0 radical (unpaired) electrons. The quantitative estimate of drug-likeness (QED) is 0.897. The molecule has 0 spiro atoms. The van der Waals surface area contributed by atoms with Gasteiger partial charge in [0.05, 0.1) is 24.7 Å². The van der Waals surface area contributed by atoms with Crippen molar-refractivity contribution in [3.63, 3.8) is 0 Å². The molecule has 1 saturated heterocycles. The average molecular weight is 288 g/mol.